The summed E-state index contributed by atoms with van der Waals surface area (Å²) in [6.07, 6.45) is 5.47. The normalized spacial score (nSPS) is 11.0. The van der Waals surface area contributed by atoms with Crippen molar-refractivity contribution in [1.82, 2.24) is 19.5 Å². The van der Waals surface area contributed by atoms with Crippen molar-refractivity contribution in [3.05, 3.63) is 47.9 Å². The Morgan fingerprint density at radius 3 is 2.70 bits per heavy atom. The first-order chi connectivity index (χ1) is 11.0. The largest absolute Gasteiger partial charge is 0.352 e. The van der Waals surface area contributed by atoms with E-state index in [0.717, 1.165) is 22.6 Å². The van der Waals surface area contributed by atoms with E-state index in [9.17, 15) is 0 Å². The van der Waals surface area contributed by atoms with E-state index < -0.39 is 0 Å². The van der Waals surface area contributed by atoms with E-state index in [4.69, 9.17) is 11.6 Å². The fraction of sp³-hybridized carbons (Fsp3) is 0.235. The lowest BCUT2D eigenvalue weighted by Crippen LogP contribution is -2.13. The van der Waals surface area contributed by atoms with Crippen molar-refractivity contribution in [2.24, 2.45) is 7.05 Å². The van der Waals surface area contributed by atoms with E-state index in [1.165, 1.54) is 0 Å². The summed E-state index contributed by atoms with van der Waals surface area (Å²) in [4.78, 5) is 13.5. The summed E-state index contributed by atoms with van der Waals surface area (Å²) in [6.45, 7) is 4.10. The maximum Gasteiger partial charge on any atom is 0.223 e. The van der Waals surface area contributed by atoms with Gasteiger partial charge in [0.15, 0.2) is 5.82 Å². The molecule has 0 aliphatic carbocycles. The van der Waals surface area contributed by atoms with E-state index in [1.807, 2.05) is 48.3 Å². The molecule has 0 atom stereocenters. The third-order valence-electron chi connectivity index (χ3n) is 3.38. The average Bonchev–Trinajstić information content (AvgIpc) is 2.92. The highest BCUT2D eigenvalue weighted by atomic mass is 35.5. The minimum absolute atomic E-state index is 0.251. The number of halogens is 1. The van der Waals surface area contributed by atoms with E-state index in [2.05, 4.69) is 34.1 Å². The van der Waals surface area contributed by atoms with Gasteiger partial charge in [0, 0.05) is 42.3 Å². The SMILES string of the molecule is CC(C)Nc1ncc(-c2cccc(Cl)c2)c(-c2nccn2C)n1. The molecule has 1 N–H and O–H groups in total. The van der Waals surface area contributed by atoms with Crippen molar-refractivity contribution in [2.75, 3.05) is 5.32 Å². The van der Waals surface area contributed by atoms with Crippen LogP contribution in [0.15, 0.2) is 42.9 Å². The monoisotopic (exact) mass is 327 g/mol. The van der Waals surface area contributed by atoms with Gasteiger partial charge in [-0.2, -0.15) is 0 Å². The first-order valence-corrected chi connectivity index (χ1v) is 7.79. The fourth-order valence-corrected chi connectivity index (χ4v) is 2.53. The highest BCUT2D eigenvalue weighted by Gasteiger charge is 2.15. The molecule has 2 heterocycles. The van der Waals surface area contributed by atoms with E-state index in [1.54, 1.807) is 6.20 Å². The number of benzene rings is 1. The summed E-state index contributed by atoms with van der Waals surface area (Å²) < 4.78 is 1.94. The van der Waals surface area contributed by atoms with Crippen LogP contribution < -0.4 is 5.32 Å². The highest BCUT2D eigenvalue weighted by Crippen LogP contribution is 2.31. The summed E-state index contributed by atoms with van der Waals surface area (Å²) in [5.41, 5.74) is 2.64. The molecule has 6 heteroatoms. The molecule has 1 aromatic carbocycles. The summed E-state index contributed by atoms with van der Waals surface area (Å²) in [5.74, 6) is 1.37. The summed E-state index contributed by atoms with van der Waals surface area (Å²) >= 11 is 6.13. The Morgan fingerprint density at radius 2 is 2.04 bits per heavy atom. The van der Waals surface area contributed by atoms with Crippen LogP contribution in [0.2, 0.25) is 5.02 Å². The van der Waals surface area contributed by atoms with Gasteiger partial charge in [0.2, 0.25) is 5.95 Å². The lowest BCUT2D eigenvalue weighted by Gasteiger charge is -2.13. The predicted octanol–water partition coefficient (Wildman–Crippen LogP) is 4.02. The highest BCUT2D eigenvalue weighted by molar-refractivity contribution is 6.30. The first-order valence-electron chi connectivity index (χ1n) is 7.42. The Labute approximate surface area is 140 Å². The molecule has 0 bridgehead atoms. The van der Waals surface area contributed by atoms with Gasteiger partial charge < -0.3 is 9.88 Å². The van der Waals surface area contributed by atoms with Crippen molar-refractivity contribution in [2.45, 2.75) is 19.9 Å². The number of aryl methyl sites for hydroxylation is 1. The Hall–Kier alpha value is -2.40. The second-order valence-electron chi connectivity index (χ2n) is 5.63. The van der Waals surface area contributed by atoms with Crippen molar-refractivity contribution in [3.8, 4) is 22.6 Å². The Bertz CT molecular complexity index is 825. The number of rotatable bonds is 4. The van der Waals surface area contributed by atoms with E-state index in [0.29, 0.717) is 11.0 Å². The van der Waals surface area contributed by atoms with Gasteiger partial charge in [0.25, 0.3) is 0 Å². The molecule has 0 radical (unpaired) electrons. The zero-order valence-corrected chi connectivity index (χ0v) is 14.0. The number of imidazole rings is 1. The standard InChI is InChI=1S/C17H18ClN5/c1-11(2)21-17-20-10-14(12-5-4-6-13(18)9-12)15(22-17)16-19-7-8-23(16)3/h4-11H,1-3H3,(H,20,21,22). The molecule has 0 aliphatic rings. The molecule has 3 rings (SSSR count). The Kier molecular flexibility index (Phi) is 4.30. The molecule has 23 heavy (non-hydrogen) atoms. The lowest BCUT2D eigenvalue weighted by molar-refractivity contribution is 0.870. The maximum absolute atomic E-state index is 6.13. The molecule has 2 aromatic heterocycles. The first kappa shape index (κ1) is 15.5. The number of anilines is 1. The van der Waals surface area contributed by atoms with Crippen molar-refractivity contribution < 1.29 is 0 Å². The van der Waals surface area contributed by atoms with Crippen LogP contribution in [-0.4, -0.2) is 25.6 Å². The molecule has 0 saturated heterocycles. The average molecular weight is 328 g/mol. The number of hydrogen-bond acceptors (Lipinski definition) is 4. The van der Waals surface area contributed by atoms with Crippen LogP contribution in [0.3, 0.4) is 0 Å². The third-order valence-corrected chi connectivity index (χ3v) is 3.61. The van der Waals surface area contributed by atoms with Crippen molar-refractivity contribution >= 4 is 17.5 Å². The molecule has 0 amide bonds. The number of aromatic nitrogens is 4. The van der Waals surface area contributed by atoms with Crippen LogP contribution in [-0.2, 0) is 7.05 Å². The number of nitrogens with zero attached hydrogens (tertiary/aromatic N) is 4. The molecule has 0 aliphatic heterocycles. The van der Waals surface area contributed by atoms with Crippen LogP contribution in [0, 0.1) is 0 Å². The van der Waals surface area contributed by atoms with Crippen LogP contribution in [0.1, 0.15) is 13.8 Å². The molecule has 0 saturated carbocycles. The molecule has 0 fully saturated rings. The maximum atomic E-state index is 6.13. The molecule has 0 unspecified atom stereocenters. The number of nitrogens with one attached hydrogen (secondary N) is 1. The summed E-state index contributed by atoms with van der Waals surface area (Å²) in [5, 5.41) is 3.91. The minimum Gasteiger partial charge on any atom is -0.352 e. The van der Waals surface area contributed by atoms with Gasteiger partial charge in [-0.3, -0.25) is 0 Å². The zero-order chi connectivity index (χ0) is 16.4. The van der Waals surface area contributed by atoms with Gasteiger partial charge in [-0.1, -0.05) is 23.7 Å². The molecule has 3 aromatic rings. The molecule has 118 valence electrons. The van der Waals surface area contributed by atoms with Crippen LogP contribution in [0.25, 0.3) is 22.6 Å². The minimum atomic E-state index is 0.251. The van der Waals surface area contributed by atoms with E-state index >= 15 is 0 Å². The van der Waals surface area contributed by atoms with Crippen molar-refractivity contribution in [3.63, 3.8) is 0 Å². The predicted molar refractivity (Wildman–Crippen MR) is 93.4 cm³/mol. The lowest BCUT2D eigenvalue weighted by atomic mass is 10.1. The molecule has 0 spiro atoms. The quantitative estimate of drug-likeness (QED) is 0.786. The fourth-order valence-electron chi connectivity index (χ4n) is 2.34. The van der Waals surface area contributed by atoms with Gasteiger partial charge in [-0.15, -0.1) is 0 Å². The smallest absolute Gasteiger partial charge is 0.223 e. The molecular formula is C17H18ClN5. The van der Waals surface area contributed by atoms with Gasteiger partial charge in [-0.25, -0.2) is 15.0 Å². The second kappa shape index (κ2) is 6.38. The van der Waals surface area contributed by atoms with Gasteiger partial charge in [0.1, 0.15) is 5.69 Å². The second-order valence-corrected chi connectivity index (χ2v) is 6.06. The number of hydrogen-bond donors (Lipinski definition) is 1. The molecule has 5 nitrogen and oxygen atoms in total. The van der Waals surface area contributed by atoms with Crippen LogP contribution in [0.4, 0.5) is 5.95 Å². The van der Waals surface area contributed by atoms with Crippen LogP contribution >= 0.6 is 11.6 Å². The topological polar surface area (TPSA) is 55.6 Å². The summed E-state index contributed by atoms with van der Waals surface area (Å²) in [6, 6.07) is 7.91. The van der Waals surface area contributed by atoms with Gasteiger partial charge >= 0.3 is 0 Å². The van der Waals surface area contributed by atoms with Crippen LogP contribution in [0.5, 0.6) is 0 Å². The molecular weight excluding hydrogens is 310 g/mol. The summed E-state index contributed by atoms with van der Waals surface area (Å²) in [7, 11) is 1.95. The van der Waals surface area contributed by atoms with Gasteiger partial charge in [0.05, 0.1) is 0 Å². The third kappa shape index (κ3) is 3.35. The van der Waals surface area contributed by atoms with Gasteiger partial charge in [-0.05, 0) is 31.5 Å². The zero-order valence-electron chi connectivity index (χ0n) is 13.3. The van der Waals surface area contributed by atoms with E-state index in [-0.39, 0.29) is 6.04 Å². The Morgan fingerprint density at radius 1 is 1.22 bits per heavy atom. The Balaban J connectivity index is 2.17. The van der Waals surface area contributed by atoms with Crippen molar-refractivity contribution in [1.29, 1.82) is 0 Å².